The van der Waals surface area contributed by atoms with Crippen LogP contribution >= 0.6 is 0 Å². The van der Waals surface area contributed by atoms with Crippen molar-refractivity contribution in [3.05, 3.63) is 0 Å². The Morgan fingerprint density at radius 3 is 2.79 bits per heavy atom. The van der Waals surface area contributed by atoms with E-state index in [2.05, 4.69) is 0 Å². The standard InChI is InChI=1S/C10H19NO3/c1-2-14-10(12)9(11)7-8-3-5-13-6-4-8/h8-9H,2-7,11H2,1H3/t9-/m1/s1. The van der Waals surface area contributed by atoms with Gasteiger partial charge in [0.05, 0.1) is 6.61 Å². The van der Waals surface area contributed by atoms with Crippen molar-refractivity contribution in [1.29, 1.82) is 0 Å². The van der Waals surface area contributed by atoms with Gasteiger partial charge >= 0.3 is 5.97 Å². The van der Waals surface area contributed by atoms with Gasteiger partial charge in [-0.1, -0.05) is 0 Å². The molecule has 0 spiro atoms. The second-order valence-electron chi connectivity index (χ2n) is 3.65. The molecule has 4 nitrogen and oxygen atoms in total. The lowest BCUT2D eigenvalue weighted by molar-refractivity contribution is -0.145. The van der Waals surface area contributed by atoms with Crippen molar-refractivity contribution in [2.75, 3.05) is 19.8 Å². The smallest absolute Gasteiger partial charge is 0.322 e. The van der Waals surface area contributed by atoms with Crippen LogP contribution in [0.5, 0.6) is 0 Å². The van der Waals surface area contributed by atoms with Gasteiger partial charge in [-0.25, -0.2) is 0 Å². The van der Waals surface area contributed by atoms with Crippen molar-refractivity contribution in [2.45, 2.75) is 32.2 Å². The molecule has 0 saturated carbocycles. The number of rotatable bonds is 4. The molecule has 4 heteroatoms. The Labute approximate surface area is 84.7 Å². The first-order valence-electron chi connectivity index (χ1n) is 5.24. The molecule has 0 bridgehead atoms. The topological polar surface area (TPSA) is 61.5 Å². The van der Waals surface area contributed by atoms with Crippen LogP contribution in [0.1, 0.15) is 26.2 Å². The zero-order valence-electron chi connectivity index (χ0n) is 8.70. The Bertz CT molecular complexity index is 178. The van der Waals surface area contributed by atoms with E-state index in [0.29, 0.717) is 12.5 Å². The fourth-order valence-electron chi connectivity index (χ4n) is 1.69. The average Bonchev–Trinajstić information content (AvgIpc) is 2.19. The molecule has 1 fully saturated rings. The van der Waals surface area contributed by atoms with E-state index >= 15 is 0 Å². The Morgan fingerprint density at radius 1 is 1.57 bits per heavy atom. The summed E-state index contributed by atoms with van der Waals surface area (Å²) in [6.45, 7) is 3.78. The first-order chi connectivity index (χ1) is 6.74. The van der Waals surface area contributed by atoms with Crippen LogP contribution in [0.4, 0.5) is 0 Å². The van der Waals surface area contributed by atoms with Crippen molar-refractivity contribution in [3.63, 3.8) is 0 Å². The molecular weight excluding hydrogens is 182 g/mol. The largest absolute Gasteiger partial charge is 0.465 e. The maximum atomic E-state index is 11.2. The minimum absolute atomic E-state index is 0.279. The molecule has 1 atom stereocenters. The van der Waals surface area contributed by atoms with E-state index in [1.165, 1.54) is 0 Å². The number of hydrogen-bond donors (Lipinski definition) is 1. The van der Waals surface area contributed by atoms with E-state index in [1.54, 1.807) is 6.92 Å². The second kappa shape index (κ2) is 5.98. The number of esters is 1. The molecule has 0 radical (unpaired) electrons. The zero-order valence-corrected chi connectivity index (χ0v) is 8.70. The predicted octanol–water partition coefficient (Wildman–Crippen LogP) is 0.693. The molecule has 0 aliphatic carbocycles. The summed E-state index contributed by atoms with van der Waals surface area (Å²) in [5.74, 6) is 0.238. The fraction of sp³-hybridized carbons (Fsp3) is 0.900. The van der Waals surface area contributed by atoms with Crippen molar-refractivity contribution < 1.29 is 14.3 Å². The molecule has 0 aromatic rings. The molecule has 0 aromatic carbocycles. The third-order valence-electron chi connectivity index (χ3n) is 2.52. The number of nitrogens with two attached hydrogens (primary N) is 1. The van der Waals surface area contributed by atoms with Gasteiger partial charge in [0, 0.05) is 13.2 Å². The quantitative estimate of drug-likeness (QED) is 0.680. The van der Waals surface area contributed by atoms with Gasteiger partial charge < -0.3 is 15.2 Å². The SMILES string of the molecule is CCOC(=O)[C@H](N)CC1CCOCC1. The highest BCUT2D eigenvalue weighted by Crippen LogP contribution is 2.19. The van der Waals surface area contributed by atoms with Gasteiger partial charge in [-0.05, 0) is 32.1 Å². The molecule has 14 heavy (non-hydrogen) atoms. The van der Waals surface area contributed by atoms with Crippen LogP contribution in [0.15, 0.2) is 0 Å². The second-order valence-corrected chi connectivity index (χ2v) is 3.65. The van der Waals surface area contributed by atoms with Crippen molar-refractivity contribution in [3.8, 4) is 0 Å². The van der Waals surface area contributed by atoms with Gasteiger partial charge in [-0.15, -0.1) is 0 Å². The molecular formula is C10H19NO3. The van der Waals surface area contributed by atoms with E-state index in [0.717, 1.165) is 32.5 Å². The Kier molecular flexibility index (Phi) is 4.90. The van der Waals surface area contributed by atoms with Gasteiger partial charge in [0.1, 0.15) is 6.04 Å². The van der Waals surface area contributed by atoms with Gasteiger partial charge in [-0.2, -0.15) is 0 Å². The molecule has 1 aliphatic rings. The summed E-state index contributed by atoms with van der Waals surface area (Å²) in [5, 5.41) is 0. The Hall–Kier alpha value is -0.610. The third-order valence-corrected chi connectivity index (χ3v) is 2.52. The van der Waals surface area contributed by atoms with Crippen LogP contribution in [-0.4, -0.2) is 31.8 Å². The summed E-state index contributed by atoms with van der Waals surface area (Å²) < 4.78 is 10.1. The van der Waals surface area contributed by atoms with Crippen molar-refractivity contribution >= 4 is 5.97 Å². The summed E-state index contributed by atoms with van der Waals surface area (Å²) >= 11 is 0. The average molecular weight is 201 g/mol. The van der Waals surface area contributed by atoms with E-state index < -0.39 is 6.04 Å². The maximum Gasteiger partial charge on any atom is 0.322 e. The fourth-order valence-corrected chi connectivity index (χ4v) is 1.69. The highest BCUT2D eigenvalue weighted by atomic mass is 16.5. The molecule has 0 aromatic heterocycles. The van der Waals surface area contributed by atoms with Crippen LogP contribution < -0.4 is 5.73 Å². The third kappa shape index (κ3) is 3.64. The summed E-state index contributed by atoms with van der Waals surface area (Å²) in [4.78, 5) is 11.2. The Morgan fingerprint density at radius 2 is 2.21 bits per heavy atom. The summed E-state index contributed by atoms with van der Waals surface area (Å²) in [7, 11) is 0. The number of carbonyl (C=O) groups excluding carboxylic acids is 1. The molecule has 1 saturated heterocycles. The lowest BCUT2D eigenvalue weighted by Gasteiger charge is -2.23. The molecule has 1 rings (SSSR count). The lowest BCUT2D eigenvalue weighted by atomic mass is 9.93. The number of hydrogen-bond acceptors (Lipinski definition) is 4. The van der Waals surface area contributed by atoms with Crippen LogP contribution in [0.2, 0.25) is 0 Å². The van der Waals surface area contributed by atoms with Crippen molar-refractivity contribution in [1.82, 2.24) is 0 Å². The lowest BCUT2D eigenvalue weighted by Crippen LogP contribution is -2.35. The van der Waals surface area contributed by atoms with Crippen molar-refractivity contribution in [2.24, 2.45) is 11.7 Å². The molecule has 0 unspecified atom stereocenters. The maximum absolute atomic E-state index is 11.2. The molecule has 2 N–H and O–H groups in total. The van der Waals surface area contributed by atoms with Crippen LogP contribution in [0, 0.1) is 5.92 Å². The zero-order chi connectivity index (χ0) is 10.4. The van der Waals surface area contributed by atoms with Gasteiger partial charge in [0.15, 0.2) is 0 Å². The van der Waals surface area contributed by atoms with Crippen LogP contribution in [0.3, 0.4) is 0 Å². The van der Waals surface area contributed by atoms with E-state index in [-0.39, 0.29) is 5.97 Å². The summed E-state index contributed by atoms with van der Waals surface area (Å²) in [6.07, 6.45) is 2.74. The van der Waals surface area contributed by atoms with Crippen LogP contribution in [-0.2, 0) is 14.3 Å². The minimum Gasteiger partial charge on any atom is -0.465 e. The highest BCUT2D eigenvalue weighted by Gasteiger charge is 2.22. The van der Waals surface area contributed by atoms with Gasteiger partial charge in [0.25, 0.3) is 0 Å². The van der Waals surface area contributed by atoms with E-state index in [1.807, 2.05) is 0 Å². The number of carbonyl (C=O) groups is 1. The van der Waals surface area contributed by atoms with Gasteiger partial charge in [0.2, 0.25) is 0 Å². The van der Waals surface area contributed by atoms with E-state index in [9.17, 15) is 4.79 Å². The minimum atomic E-state index is -0.460. The molecule has 82 valence electrons. The summed E-state index contributed by atoms with van der Waals surface area (Å²) in [6, 6.07) is -0.460. The molecule has 0 amide bonds. The normalized spacial score (nSPS) is 20.4. The monoisotopic (exact) mass is 201 g/mol. The first-order valence-corrected chi connectivity index (χ1v) is 5.24. The molecule has 1 heterocycles. The first kappa shape index (κ1) is 11.5. The van der Waals surface area contributed by atoms with Gasteiger partial charge in [-0.3, -0.25) is 4.79 Å². The Balaban J connectivity index is 2.24. The van der Waals surface area contributed by atoms with E-state index in [4.69, 9.17) is 15.2 Å². The van der Waals surface area contributed by atoms with Crippen LogP contribution in [0.25, 0.3) is 0 Å². The predicted molar refractivity (Wildman–Crippen MR) is 52.8 cm³/mol. The highest BCUT2D eigenvalue weighted by molar-refractivity contribution is 5.75. The summed E-state index contributed by atoms with van der Waals surface area (Å²) in [5.41, 5.74) is 5.72. The molecule has 1 aliphatic heterocycles. The number of ether oxygens (including phenoxy) is 2.